The van der Waals surface area contributed by atoms with E-state index in [-0.39, 0.29) is 10.8 Å². The van der Waals surface area contributed by atoms with E-state index in [0.29, 0.717) is 24.6 Å². The Morgan fingerprint density at radius 3 is 2.39 bits per heavy atom. The van der Waals surface area contributed by atoms with Crippen LogP contribution in [0.3, 0.4) is 0 Å². The Morgan fingerprint density at radius 2 is 1.75 bits per heavy atom. The summed E-state index contributed by atoms with van der Waals surface area (Å²) in [7, 11) is -3.59. The summed E-state index contributed by atoms with van der Waals surface area (Å²) in [6, 6.07) is 10.6. The molecule has 1 fully saturated rings. The number of aryl methyl sites for hydroxylation is 2. The minimum absolute atomic E-state index is 0.178. The number of anilines is 1. The monoisotopic (exact) mass is 512 g/mol. The van der Waals surface area contributed by atoms with Gasteiger partial charge >= 0.3 is 0 Å². The van der Waals surface area contributed by atoms with E-state index < -0.39 is 10.0 Å². The molecule has 0 radical (unpaired) electrons. The summed E-state index contributed by atoms with van der Waals surface area (Å²) in [5.41, 5.74) is 2.81. The van der Waals surface area contributed by atoms with Crippen molar-refractivity contribution < 1.29 is 13.2 Å². The lowest BCUT2D eigenvalue weighted by Gasteiger charge is -2.29. The lowest BCUT2D eigenvalue weighted by molar-refractivity contribution is 0.102. The number of carbonyl (C=O) groups is 1. The second-order valence-electron chi connectivity index (χ2n) is 7.48. The molecule has 150 valence electrons. The largest absolute Gasteiger partial charge is 0.322 e. The zero-order valence-corrected chi connectivity index (χ0v) is 19.3. The quantitative estimate of drug-likeness (QED) is 0.610. The predicted molar refractivity (Wildman–Crippen MR) is 120 cm³/mol. The van der Waals surface area contributed by atoms with Crippen molar-refractivity contribution in [2.24, 2.45) is 5.92 Å². The minimum Gasteiger partial charge on any atom is -0.322 e. The minimum atomic E-state index is -3.59. The molecule has 1 N–H and O–H groups in total. The average Bonchev–Trinajstić information content (AvgIpc) is 2.64. The summed E-state index contributed by atoms with van der Waals surface area (Å²) in [4.78, 5) is 13.0. The molecule has 2 aromatic rings. The van der Waals surface area contributed by atoms with Crippen molar-refractivity contribution in [1.29, 1.82) is 0 Å². The number of benzene rings is 2. The summed E-state index contributed by atoms with van der Waals surface area (Å²) in [5.74, 6) is 0.245. The molecule has 5 nitrogen and oxygen atoms in total. The number of hydrogen-bond donors (Lipinski definition) is 1. The first-order valence-electron chi connectivity index (χ1n) is 9.37. The van der Waals surface area contributed by atoms with Crippen molar-refractivity contribution in [3.8, 4) is 0 Å². The van der Waals surface area contributed by atoms with Crippen molar-refractivity contribution in [2.75, 3.05) is 18.4 Å². The standard InChI is InChI=1S/C21H25IN2O3S/c1-14-8-10-24(11-9-14)28(26,27)18-6-4-15(2)19(13-18)21(25)23-20-7-5-17(22)12-16(20)3/h4-7,12-14H,8-11H2,1-3H3,(H,23,25). The Morgan fingerprint density at radius 1 is 1.07 bits per heavy atom. The molecular weight excluding hydrogens is 487 g/mol. The zero-order chi connectivity index (χ0) is 20.5. The summed E-state index contributed by atoms with van der Waals surface area (Å²) in [6.07, 6.45) is 1.73. The fourth-order valence-corrected chi connectivity index (χ4v) is 5.48. The van der Waals surface area contributed by atoms with Crippen molar-refractivity contribution >= 4 is 44.2 Å². The number of piperidine rings is 1. The molecule has 0 atom stereocenters. The SMILES string of the molecule is Cc1cc(I)ccc1NC(=O)c1cc(S(=O)(=O)N2CCC(C)CC2)ccc1C. The van der Waals surface area contributed by atoms with Crippen LogP contribution in [0.2, 0.25) is 0 Å². The number of amides is 1. The molecule has 0 unspecified atom stereocenters. The van der Waals surface area contributed by atoms with Gasteiger partial charge in [-0.25, -0.2) is 8.42 Å². The molecule has 1 aliphatic rings. The number of nitrogens with one attached hydrogen (secondary N) is 1. The first kappa shape index (κ1) is 21.3. The highest BCUT2D eigenvalue weighted by atomic mass is 127. The molecule has 7 heteroatoms. The highest BCUT2D eigenvalue weighted by Gasteiger charge is 2.29. The smallest absolute Gasteiger partial charge is 0.255 e. The third-order valence-corrected chi connectivity index (χ3v) is 7.84. The second kappa shape index (κ2) is 8.51. The highest BCUT2D eigenvalue weighted by Crippen LogP contribution is 2.26. The van der Waals surface area contributed by atoms with Gasteiger partial charge in [0.2, 0.25) is 10.0 Å². The normalized spacial score (nSPS) is 16.1. The van der Waals surface area contributed by atoms with Gasteiger partial charge in [-0.15, -0.1) is 0 Å². The molecule has 0 aromatic heterocycles. The number of halogens is 1. The number of carbonyl (C=O) groups excluding carboxylic acids is 1. The number of nitrogens with zero attached hydrogens (tertiary/aromatic N) is 1. The maximum Gasteiger partial charge on any atom is 0.255 e. The highest BCUT2D eigenvalue weighted by molar-refractivity contribution is 14.1. The molecule has 0 bridgehead atoms. The van der Waals surface area contributed by atoms with E-state index in [0.717, 1.165) is 33.2 Å². The van der Waals surface area contributed by atoms with E-state index in [9.17, 15) is 13.2 Å². The molecule has 0 saturated carbocycles. The maximum atomic E-state index is 13.0. The van der Waals surface area contributed by atoms with Gasteiger partial charge in [0.25, 0.3) is 5.91 Å². The van der Waals surface area contributed by atoms with Gasteiger partial charge in [-0.3, -0.25) is 4.79 Å². The Kier molecular flexibility index (Phi) is 6.46. The van der Waals surface area contributed by atoms with E-state index in [2.05, 4.69) is 34.8 Å². The summed E-state index contributed by atoms with van der Waals surface area (Å²) < 4.78 is 28.7. The molecule has 1 amide bonds. The van der Waals surface area contributed by atoms with E-state index in [1.165, 1.54) is 10.4 Å². The van der Waals surface area contributed by atoms with Crippen LogP contribution in [0.15, 0.2) is 41.3 Å². The van der Waals surface area contributed by atoms with Gasteiger partial charge in [0.15, 0.2) is 0 Å². The molecule has 1 aliphatic heterocycles. The van der Waals surface area contributed by atoms with Gasteiger partial charge < -0.3 is 5.32 Å². The first-order valence-corrected chi connectivity index (χ1v) is 11.9. The molecule has 28 heavy (non-hydrogen) atoms. The number of sulfonamides is 1. The van der Waals surface area contributed by atoms with Gasteiger partial charge in [0.1, 0.15) is 0 Å². The molecule has 1 saturated heterocycles. The Hall–Kier alpha value is -1.45. The number of rotatable bonds is 4. The molecule has 2 aromatic carbocycles. The Balaban J connectivity index is 1.87. The Labute approximate surface area is 180 Å². The lowest BCUT2D eigenvalue weighted by Crippen LogP contribution is -2.38. The van der Waals surface area contributed by atoms with Gasteiger partial charge in [-0.1, -0.05) is 13.0 Å². The van der Waals surface area contributed by atoms with Crippen molar-refractivity contribution in [3.63, 3.8) is 0 Å². The molecular formula is C21H25IN2O3S. The van der Waals surface area contributed by atoms with Gasteiger partial charge in [0.05, 0.1) is 4.90 Å². The second-order valence-corrected chi connectivity index (χ2v) is 10.7. The Bertz CT molecular complexity index is 997. The zero-order valence-electron chi connectivity index (χ0n) is 16.3. The topological polar surface area (TPSA) is 66.5 Å². The van der Waals surface area contributed by atoms with Gasteiger partial charge in [-0.2, -0.15) is 4.31 Å². The van der Waals surface area contributed by atoms with Crippen molar-refractivity contribution in [3.05, 3.63) is 56.7 Å². The van der Waals surface area contributed by atoms with Gasteiger partial charge in [0, 0.05) is 27.9 Å². The van der Waals surface area contributed by atoms with Crippen LogP contribution >= 0.6 is 22.6 Å². The van der Waals surface area contributed by atoms with Crippen LogP contribution < -0.4 is 5.32 Å². The van der Waals surface area contributed by atoms with E-state index >= 15 is 0 Å². The van der Waals surface area contributed by atoms with Crippen LogP contribution in [-0.2, 0) is 10.0 Å². The molecule has 3 rings (SSSR count). The fraction of sp³-hybridized carbons (Fsp3) is 0.381. The van der Waals surface area contributed by atoms with Crippen LogP contribution in [0, 0.1) is 23.3 Å². The average molecular weight is 512 g/mol. The third kappa shape index (κ3) is 4.58. The van der Waals surface area contributed by atoms with Gasteiger partial charge in [-0.05, 0) is 96.7 Å². The van der Waals surface area contributed by atoms with E-state index in [1.54, 1.807) is 12.1 Å². The molecule has 1 heterocycles. The van der Waals surface area contributed by atoms with E-state index in [1.807, 2.05) is 32.0 Å². The predicted octanol–water partition coefficient (Wildman–Crippen LogP) is 4.58. The molecule has 0 spiro atoms. The fourth-order valence-electron chi connectivity index (χ4n) is 3.34. The summed E-state index contributed by atoms with van der Waals surface area (Å²) >= 11 is 2.22. The van der Waals surface area contributed by atoms with Crippen molar-refractivity contribution in [1.82, 2.24) is 4.31 Å². The van der Waals surface area contributed by atoms with Crippen LogP contribution in [0.5, 0.6) is 0 Å². The van der Waals surface area contributed by atoms with Crippen molar-refractivity contribution in [2.45, 2.75) is 38.5 Å². The van der Waals surface area contributed by atoms with Crippen LogP contribution in [0.1, 0.15) is 41.3 Å². The third-order valence-electron chi connectivity index (χ3n) is 5.27. The number of hydrogen-bond acceptors (Lipinski definition) is 3. The summed E-state index contributed by atoms with van der Waals surface area (Å²) in [5, 5.41) is 2.91. The van der Waals surface area contributed by atoms with Crippen LogP contribution in [-0.4, -0.2) is 31.7 Å². The lowest BCUT2D eigenvalue weighted by atomic mass is 10.0. The van der Waals surface area contributed by atoms with Crippen LogP contribution in [0.25, 0.3) is 0 Å². The maximum absolute atomic E-state index is 13.0. The molecule has 0 aliphatic carbocycles. The van der Waals surface area contributed by atoms with E-state index in [4.69, 9.17) is 0 Å². The van der Waals surface area contributed by atoms with Crippen LogP contribution in [0.4, 0.5) is 5.69 Å². The summed E-state index contributed by atoms with van der Waals surface area (Å²) in [6.45, 7) is 6.95. The first-order chi connectivity index (χ1) is 13.2.